The Morgan fingerprint density at radius 2 is 1.06 bits per heavy atom. The van der Waals surface area contributed by atoms with Gasteiger partial charge in [0.2, 0.25) is 0 Å². The molecule has 2 aromatic rings. The summed E-state index contributed by atoms with van der Waals surface area (Å²) in [4.78, 5) is 12.7. The second kappa shape index (κ2) is 18.2. The maximum Gasteiger partial charge on any atom is 0.165 e. The summed E-state index contributed by atoms with van der Waals surface area (Å²) in [7, 11) is 0. The molecule has 3 heteroatoms. The number of carbonyl (C=O) groups excluding carboxylic acids is 1. The number of Topliss-reactive ketones (excluding diaryl/α,β-unsaturated/α-hetero) is 1. The summed E-state index contributed by atoms with van der Waals surface area (Å²) < 4.78 is 0. The molecular formula is C30H44N2O. The highest BCUT2D eigenvalue weighted by molar-refractivity contribution is 6.00. The lowest BCUT2D eigenvalue weighted by molar-refractivity contribution is 0.0979. The number of unbranched alkanes of at least 4 members (excludes halogenated alkanes) is 14. The molecule has 0 fully saturated rings. The van der Waals surface area contributed by atoms with E-state index >= 15 is 0 Å². The first kappa shape index (κ1) is 27.0. The molecule has 2 rings (SSSR count). The second-order valence-corrected chi connectivity index (χ2v) is 9.18. The molecule has 0 bridgehead atoms. The maximum absolute atomic E-state index is 12.7. The smallest absolute Gasteiger partial charge is 0.165 e. The van der Waals surface area contributed by atoms with Crippen molar-refractivity contribution >= 4 is 17.2 Å². The topological polar surface area (TPSA) is 41.8 Å². The van der Waals surface area contributed by atoms with Crippen LogP contribution in [0.25, 0.3) is 0 Å². The molecule has 180 valence electrons. The lowest BCUT2D eigenvalue weighted by Crippen LogP contribution is -1.99. The van der Waals surface area contributed by atoms with E-state index < -0.39 is 0 Å². The van der Waals surface area contributed by atoms with Gasteiger partial charge in [0.05, 0.1) is 11.4 Å². The predicted octanol–water partition coefficient (Wildman–Crippen LogP) is 10.5. The normalized spacial score (nSPS) is 11.3. The van der Waals surface area contributed by atoms with Crippen LogP contribution in [-0.4, -0.2) is 5.78 Å². The lowest BCUT2D eigenvalue weighted by Gasteiger charge is -2.05. The van der Waals surface area contributed by atoms with Crippen LogP contribution >= 0.6 is 0 Å². The van der Waals surface area contributed by atoms with E-state index in [0.717, 1.165) is 18.5 Å². The highest BCUT2D eigenvalue weighted by Gasteiger charge is 2.10. The number of azo groups is 1. The van der Waals surface area contributed by atoms with Gasteiger partial charge in [-0.3, -0.25) is 4.79 Å². The van der Waals surface area contributed by atoms with Crippen molar-refractivity contribution in [3.05, 3.63) is 60.2 Å². The zero-order chi connectivity index (χ0) is 23.4. The average Bonchev–Trinajstić information content (AvgIpc) is 2.86. The zero-order valence-electron chi connectivity index (χ0n) is 20.8. The first-order valence-electron chi connectivity index (χ1n) is 13.4. The molecule has 0 atom stereocenters. The Hall–Kier alpha value is -2.29. The standard InChI is InChI=1S/C30H44N2O/c1-2-3-4-5-6-7-8-9-10-11-12-13-14-15-19-26-30(33)28-24-20-21-25-29(28)32-31-27-22-17-16-18-23-27/h16-18,20-25H,2-15,19,26H2,1H3. The molecule has 0 aromatic heterocycles. The molecule has 0 amide bonds. The molecule has 0 unspecified atom stereocenters. The first-order valence-corrected chi connectivity index (χ1v) is 13.4. The van der Waals surface area contributed by atoms with E-state index in [9.17, 15) is 4.79 Å². The molecule has 0 saturated carbocycles. The molecule has 0 aliphatic heterocycles. The zero-order valence-corrected chi connectivity index (χ0v) is 20.8. The van der Waals surface area contributed by atoms with E-state index in [0.29, 0.717) is 17.7 Å². The summed E-state index contributed by atoms with van der Waals surface area (Å²) in [5.41, 5.74) is 2.14. The van der Waals surface area contributed by atoms with E-state index in [1.165, 1.54) is 83.5 Å². The molecule has 0 radical (unpaired) electrons. The van der Waals surface area contributed by atoms with Gasteiger partial charge in [-0.2, -0.15) is 5.11 Å². The van der Waals surface area contributed by atoms with Crippen molar-refractivity contribution < 1.29 is 4.79 Å². The summed E-state index contributed by atoms with van der Waals surface area (Å²) in [5, 5.41) is 8.59. The Morgan fingerprint density at radius 1 is 0.576 bits per heavy atom. The molecule has 0 saturated heterocycles. The fourth-order valence-corrected chi connectivity index (χ4v) is 4.19. The Balaban J connectivity index is 1.52. The van der Waals surface area contributed by atoms with Crippen LogP contribution in [0.5, 0.6) is 0 Å². The molecular weight excluding hydrogens is 404 g/mol. The number of hydrogen-bond donors (Lipinski definition) is 0. The summed E-state index contributed by atoms with van der Waals surface area (Å²) in [6.45, 7) is 2.28. The maximum atomic E-state index is 12.7. The minimum absolute atomic E-state index is 0.173. The van der Waals surface area contributed by atoms with Crippen molar-refractivity contribution in [3.8, 4) is 0 Å². The number of ketones is 1. The molecule has 0 heterocycles. The van der Waals surface area contributed by atoms with Gasteiger partial charge in [0.15, 0.2) is 5.78 Å². The van der Waals surface area contributed by atoms with Gasteiger partial charge in [-0.15, -0.1) is 5.11 Å². The van der Waals surface area contributed by atoms with Crippen LogP contribution in [0.3, 0.4) is 0 Å². The Bertz CT molecular complexity index is 785. The van der Waals surface area contributed by atoms with E-state index in [1.54, 1.807) is 0 Å². The highest BCUT2D eigenvalue weighted by atomic mass is 16.1. The van der Waals surface area contributed by atoms with Gasteiger partial charge in [0.25, 0.3) is 0 Å². The molecule has 0 spiro atoms. The SMILES string of the molecule is CCCCCCCCCCCCCCCCCC(=O)c1ccccc1N=Nc1ccccc1. The van der Waals surface area contributed by atoms with E-state index in [1.807, 2.05) is 54.6 Å². The molecule has 2 aromatic carbocycles. The van der Waals surface area contributed by atoms with Gasteiger partial charge in [-0.1, -0.05) is 127 Å². The van der Waals surface area contributed by atoms with Crippen molar-refractivity contribution in [2.24, 2.45) is 10.2 Å². The van der Waals surface area contributed by atoms with Gasteiger partial charge in [-0.25, -0.2) is 0 Å². The van der Waals surface area contributed by atoms with Crippen LogP contribution in [-0.2, 0) is 0 Å². The van der Waals surface area contributed by atoms with Crippen LogP contribution < -0.4 is 0 Å². The van der Waals surface area contributed by atoms with Crippen LogP contribution in [0.1, 0.15) is 120 Å². The second-order valence-electron chi connectivity index (χ2n) is 9.18. The minimum Gasteiger partial charge on any atom is -0.294 e. The van der Waals surface area contributed by atoms with Gasteiger partial charge >= 0.3 is 0 Å². The van der Waals surface area contributed by atoms with Crippen molar-refractivity contribution in [3.63, 3.8) is 0 Å². The molecule has 3 nitrogen and oxygen atoms in total. The molecule has 33 heavy (non-hydrogen) atoms. The number of nitrogens with zero attached hydrogens (tertiary/aromatic N) is 2. The predicted molar refractivity (Wildman–Crippen MR) is 141 cm³/mol. The fraction of sp³-hybridized carbons (Fsp3) is 0.567. The molecule has 0 aliphatic rings. The van der Waals surface area contributed by atoms with E-state index in [2.05, 4.69) is 17.2 Å². The van der Waals surface area contributed by atoms with Crippen molar-refractivity contribution in [2.75, 3.05) is 0 Å². The summed E-state index contributed by atoms with van der Waals surface area (Å²) in [6.07, 6.45) is 20.6. The third-order valence-electron chi connectivity index (χ3n) is 6.24. The summed E-state index contributed by atoms with van der Waals surface area (Å²) in [6, 6.07) is 17.2. The number of benzene rings is 2. The van der Waals surface area contributed by atoms with E-state index in [-0.39, 0.29) is 5.78 Å². The van der Waals surface area contributed by atoms with E-state index in [4.69, 9.17) is 0 Å². The Labute approximate surface area is 202 Å². The molecule has 0 aliphatic carbocycles. The van der Waals surface area contributed by atoms with Gasteiger partial charge in [0, 0.05) is 12.0 Å². The largest absolute Gasteiger partial charge is 0.294 e. The van der Waals surface area contributed by atoms with Crippen molar-refractivity contribution in [1.29, 1.82) is 0 Å². The van der Waals surface area contributed by atoms with Crippen LogP contribution in [0.2, 0.25) is 0 Å². The van der Waals surface area contributed by atoms with Crippen LogP contribution in [0.15, 0.2) is 64.8 Å². The average molecular weight is 449 g/mol. The van der Waals surface area contributed by atoms with Crippen LogP contribution in [0.4, 0.5) is 11.4 Å². The van der Waals surface area contributed by atoms with Crippen molar-refractivity contribution in [1.82, 2.24) is 0 Å². The quantitative estimate of drug-likeness (QED) is 0.120. The highest BCUT2D eigenvalue weighted by Crippen LogP contribution is 2.24. The minimum atomic E-state index is 0.173. The number of rotatable bonds is 19. The van der Waals surface area contributed by atoms with Crippen molar-refractivity contribution in [2.45, 2.75) is 110 Å². The van der Waals surface area contributed by atoms with Gasteiger partial charge < -0.3 is 0 Å². The van der Waals surface area contributed by atoms with Gasteiger partial charge in [0.1, 0.15) is 0 Å². The number of carbonyl (C=O) groups is 1. The first-order chi connectivity index (χ1) is 16.3. The summed E-state index contributed by atoms with van der Waals surface area (Å²) in [5.74, 6) is 0.173. The summed E-state index contributed by atoms with van der Waals surface area (Å²) >= 11 is 0. The molecule has 0 N–H and O–H groups in total. The Morgan fingerprint density at radius 3 is 1.64 bits per heavy atom. The number of hydrogen-bond acceptors (Lipinski definition) is 3. The third-order valence-corrected chi connectivity index (χ3v) is 6.24. The van der Waals surface area contributed by atoms with Gasteiger partial charge in [-0.05, 0) is 30.7 Å². The van der Waals surface area contributed by atoms with Crippen LogP contribution in [0, 0.1) is 0 Å². The fourth-order valence-electron chi connectivity index (χ4n) is 4.19. The third kappa shape index (κ3) is 12.5. The Kier molecular flexibility index (Phi) is 14.8. The lowest BCUT2D eigenvalue weighted by atomic mass is 10.0. The monoisotopic (exact) mass is 448 g/mol.